The highest BCUT2D eigenvalue weighted by Crippen LogP contribution is 2.48. The molecule has 2 N–H and O–H groups in total. The van der Waals surface area contributed by atoms with Gasteiger partial charge in [0, 0.05) is 43.3 Å². The molecule has 1 amide bonds. The Morgan fingerprint density at radius 2 is 1.63 bits per heavy atom. The summed E-state index contributed by atoms with van der Waals surface area (Å²) in [7, 11) is 3.26. The largest absolute Gasteiger partial charge is 0.481 e. The summed E-state index contributed by atoms with van der Waals surface area (Å²) in [6.07, 6.45) is 12.8. The Kier molecular flexibility index (Phi) is 10.1. The standard InChI is InChI=1S/C35H49N3O5/c1-35(2,43-4)28-29(36-22-27-20-26(21-37-32(27)42-3)23-14-8-5-9-15-23)30(24-16-10-6-11-17-24)38(31(28)34(40)41)33(39)25-18-12-7-13-19-25/h6,10-11,16-17,20-21,23,25,28-31,36H,5,7-9,12-15,18-19,22H2,1-4H3,(H,40,41)/t28-,29-,30-,31-/m0/s1. The molecule has 5 rings (SSSR count). The van der Waals surface area contributed by atoms with E-state index in [2.05, 4.69) is 16.4 Å². The normalized spacial score (nSPS) is 25.5. The maximum atomic E-state index is 14.4. The highest BCUT2D eigenvalue weighted by atomic mass is 16.5. The van der Waals surface area contributed by atoms with E-state index >= 15 is 0 Å². The zero-order valence-electron chi connectivity index (χ0n) is 26.3. The van der Waals surface area contributed by atoms with E-state index in [9.17, 15) is 14.7 Å². The van der Waals surface area contributed by atoms with Crippen molar-refractivity contribution in [1.82, 2.24) is 15.2 Å². The van der Waals surface area contributed by atoms with Crippen molar-refractivity contribution in [3.8, 4) is 5.88 Å². The maximum Gasteiger partial charge on any atom is 0.326 e. The molecule has 1 aromatic heterocycles. The number of amides is 1. The summed E-state index contributed by atoms with van der Waals surface area (Å²) in [4.78, 5) is 33.9. The molecule has 43 heavy (non-hydrogen) atoms. The second kappa shape index (κ2) is 13.8. The number of pyridine rings is 1. The molecule has 2 aliphatic carbocycles. The van der Waals surface area contributed by atoms with Gasteiger partial charge in [0.2, 0.25) is 11.8 Å². The Balaban J connectivity index is 1.56. The minimum absolute atomic E-state index is 0.0549. The van der Waals surface area contributed by atoms with E-state index in [0.717, 1.165) is 43.2 Å². The van der Waals surface area contributed by atoms with E-state index in [-0.39, 0.29) is 11.8 Å². The fourth-order valence-corrected chi connectivity index (χ4v) is 7.94. The van der Waals surface area contributed by atoms with E-state index in [1.54, 1.807) is 19.1 Å². The van der Waals surface area contributed by atoms with Crippen LogP contribution in [0.2, 0.25) is 0 Å². The van der Waals surface area contributed by atoms with Gasteiger partial charge in [0.05, 0.1) is 18.8 Å². The topological polar surface area (TPSA) is 101 Å². The number of likely N-dealkylation sites (tertiary alicyclic amines) is 1. The monoisotopic (exact) mass is 591 g/mol. The third-order valence-electron chi connectivity index (χ3n) is 10.3. The average Bonchev–Trinajstić information content (AvgIpc) is 3.41. The van der Waals surface area contributed by atoms with Crippen LogP contribution in [0.3, 0.4) is 0 Å². The molecule has 1 aromatic carbocycles. The Morgan fingerprint density at radius 3 is 2.23 bits per heavy atom. The van der Waals surface area contributed by atoms with Gasteiger partial charge in [-0.25, -0.2) is 9.78 Å². The Morgan fingerprint density at radius 1 is 0.977 bits per heavy atom. The van der Waals surface area contributed by atoms with Crippen LogP contribution in [-0.2, 0) is 20.9 Å². The van der Waals surface area contributed by atoms with Gasteiger partial charge >= 0.3 is 5.97 Å². The van der Waals surface area contributed by atoms with Gasteiger partial charge in [-0.15, -0.1) is 0 Å². The number of aromatic nitrogens is 1. The minimum atomic E-state index is -1.04. The lowest BCUT2D eigenvalue weighted by Crippen LogP contribution is -2.53. The summed E-state index contributed by atoms with van der Waals surface area (Å²) in [6, 6.07) is 10.2. The molecule has 2 aromatic rings. The molecular weight excluding hydrogens is 542 g/mol. The highest BCUT2D eigenvalue weighted by molar-refractivity contribution is 5.87. The lowest BCUT2D eigenvalue weighted by molar-refractivity contribution is -0.156. The molecule has 3 fully saturated rings. The van der Waals surface area contributed by atoms with Crippen LogP contribution in [-0.4, -0.2) is 58.8 Å². The molecule has 2 heterocycles. The van der Waals surface area contributed by atoms with Crippen molar-refractivity contribution in [3.05, 3.63) is 59.3 Å². The molecule has 0 spiro atoms. The predicted molar refractivity (Wildman–Crippen MR) is 166 cm³/mol. The molecule has 0 unspecified atom stereocenters. The Labute approximate surface area is 256 Å². The van der Waals surface area contributed by atoms with Gasteiger partial charge in [0.25, 0.3) is 0 Å². The van der Waals surface area contributed by atoms with Gasteiger partial charge in [-0.1, -0.05) is 68.9 Å². The fraction of sp³-hybridized carbons (Fsp3) is 0.629. The van der Waals surface area contributed by atoms with Gasteiger partial charge in [-0.05, 0) is 62.6 Å². The number of rotatable bonds is 10. The fourth-order valence-electron chi connectivity index (χ4n) is 7.94. The number of carboxylic acids is 1. The minimum Gasteiger partial charge on any atom is -0.481 e. The van der Waals surface area contributed by atoms with Gasteiger partial charge in [0.1, 0.15) is 6.04 Å². The first kappa shape index (κ1) is 31.5. The summed E-state index contributed by atoms with van der Waals surface area (Å²) < 4.78 is 11.7. The first-order valence-electron chi connectivity index (χ1n) is 16.2. The molecule has 8 nitrogen and oxygen atoms in total. The zero-order valence-corrected chi connectivity index (χ0v) is 26.3. The van der Waals surface area contributed by atoms with Crippen molar-refractivity contribution >= 4 is 11.9 Å². The molecular formula is C35H49N3O5. The van der Waals surface area contributed by atoms with Crippen molar-refractivity contribution in [3.63, 3.8) is 0 Å². The van der Waals surface area contributed by atoms with Crippen molar-refractivity contribution in [2.45, 2.75) is 114 Å². The van der Waals surface area contributed by atoms with Gasteiger partial charge < -0.3 is 24.8 Å². The number of carboxylic acid groups (broad SMARTS) is 1. The van der Waals surface area contributed by atoms with E-state index in [0.29, 0.717) is 18.3 Å². The number of hydrogen-bond acceptors (Lipinski definition) is 6. The first-order valence-corrected chi connectivity index (χ1v) is 16.2. The van der Waals surface area contributed by atoms with Crippen LogP contribution in [0.5, 0.6) is 5.88 Å². The van der Waals surface area contributed by atoms with Crippen LogP contribution in [0.1, 0.15) is 107 Å². The number of aliphatic carboxylic acids is 1. The van der Waals surface area contributed by atoms with Crippen LogP contribution in [0.15, 0.2) is 42.6 Å². The van der Waals surface area contributed by atoms with E-state index < -0.39 is 35.6 Å². The number of carbonyl (C=O) groups excluding carboxylic acids is 1. The number of methoxy groups -OCH3 is 2. The number of hydrogen-bond donors (Lipinski definition) is 2. The molecule has 3 aliphatic rings. The smallest absolute Gasteiger partial charge is 0.326 e. The number of nitrogens with one attached hydrogen (secondary N) is 1. The average molecular weight is 592 g/mol. The van der Waals surface area contributed by atoms with Crippen LogP contribution < -0.4 is 10.1 Å². The van der Waals surface area contributed by atoms with Crippen molar-refractivity contribution in [1.29, 1.82) is 0 Å². The molecule has 1 aliphatic heterocycles. The quantitative estimate of drug-likeness (QED) is 0.337. The number of ether oxygens (including phenoxy) is 2. The van der Waals surface area contributed by atoms with Crippen molar-refractivity contribution < 1.29 is 24.2 Å². The maximum absolute atomic E-state index is 14.4. The van der Waals surface area contributed by atoms with Crippen LogP contribution in [0.4, 0.5) is 0 Å². The SMILES string of the molecule is COc1ncc(C2CCCCC2)cc1CN[C@H]1[C@H](C(C)(C)OC)[C@@H](C(=O)O)N(C(=O)C2CCCCC2)[C@H]1c1ccccc1. The summed E-state index contributed by atoms with van der Waals surface area (Å²) in [5.41, 5.74) is 2.26. The van der Waals surface area contributed by atoms with E-state index in [1.807, 2.05) is 50.4 Å². The van der Waals surface area contributed by atoms with Crippen molar-refractivity contribution in [2.24, 2.45) is 11.8 Å². The number of carbonyl (C=O) groups is 2. The summed E-state index contributed by atoms with van der Waals surface area (Å²) >= 11 is 0. The second-order valence-electron chi connectivity index (χ2n) is 13.2. The summed E-state index contributed by atoms with van der Waals surface area (Å²) in [6.45, 7) is 4.30. The summed E-state index contributed by atoms with van der Waals surface area (Å²) in [5, 5.41) is 14.5. The lowest BCUT2D eigenvalue weighted by atomic mass is 9.79. The zero-order chi connectivity index (χ0) is 30.6. The Bertz CT molecular complexity index is 1240. The highest BCUT2D eigenvalue weighted by Gasteiger charge is 2.59. The van der Waals surface area contributed by atoms with Crippen LogP contribution in [0.25, 0.3) is 0 Å². The molecule has 1 saturated heterocycles. The Hall–Kier alpha value is -2.97. The van der Waals surface area contributed by atoms with Crippen LogP contribution >= 0.6 is 0 Å². The van der Waals surface area contributed by atoms with Gasteiger partial charge in [-0.2, -0.15) is 0 Å². The summed E-state index contributed by atoms with van der Waals surface area (Å²) in [5.74, 6) is -0.677. The molecule has 8 heteroatoms. The molecule has 234 valence electrons. The predicted octanol–water partition coefficient (Wildman–Crippen LogP) is 6.25. The number of nitrogens with zero attached hydrogens (tertiary/aromatic N) is 2. The molecule has 2 saturated carbocycles. The molecule has 0 bridgehead atoms. The van der Waals surface area contributed by atoms with Crippen molar-refractivity contribution in [2.75, 3.05) is 14.2 Å². The lowest BCUT2D eigenvalue weighted by Gasteiger charge is -2.37. The first-order chi connectivity index (χ1) is 20.8. The second-order valence-corrected chi connectivity index (χ2v) is 13.2. The van der Waals surface area contributed by atoms with Gasteiger partial charge in [-0.3, -0.25) is 4.79 Å². The van der Waals surface area contributed by atoms with E-state index in [1.165, 1.54) is 37.7 Å². The molecule has 0 radical (unpaired) electrons. The number of benzene rings is 1. The van der Waals surface area contributed by atoms with E-state index in [4.69, 9.17) is 9.47 Å². The van der Waals surface area contributed by atoms with Crippen LogP contribution in [0, 0.1) is 11.8 Å². The molecule has 4 atom stereocenters. The third-order valence-corrected chi connectivity index (χ3v) is 10.3. The van der Waals surface area contributed by atoms with Gasteiger partial charge in [0.15, 0.2) is 0 Å². The third kappa shape index (κ3) is 6.60.